The molecule has 136 valence electrons. The number of nitro groups is 1. The Balaban J connectivity index is 1.47. The summed E-state index contributed by atoms with van der Waals surface area (Å²) >= 11 is 1.79. The minimum atomic E-state index is -0.564. The Kier molecular flexibility index (Phi) is 4.55. The molecule has 0 atom stereocenters. The van der Waals surface area contributed by atoms with Crippen molar-refractivity contribution in [3.05, 3.63) is 80.2 Å². The van der Waals surface area contributed by atoms with Gasteiger partial charge in [0, 0.05) is 24.0 Å². The summed E-state index contributed by atoms with van der Waals surface area (Å²) in [4.78, 5) is 31.0. The average Bonchev–Trinajstić information content (AvgIpc) is 3.16. The highest BCUT2D eigenvalue weighted by Gasteiger charge is 2.20. The van der Waals surface area contributed by atoms with Crippen LogP contribution in [0.1, 0.15) is 20.8 Å². The molecular formula is C19H16N4O3S. The van der Waals surface area contributed by atoms with Gasteiger partial charge in [-0.2, -0.15) is 0 Å². The second-order valence-electron chi connectivity index (χ2n) is 6.17. The molecular weight excluding hydrogens is 364 g/mol. The van der Waals surface area contributed by atoms with Gasteiger partial charge in [0.05, 0.1) is 16.8 Å². The average molecular weight is 380 g/mol. The molecule has 0 bridgehead atoms. The van der Waals surface area contributed by atoms with Gasteiger partial charge in [0.2, 0.25) is 0 Å². The fourth-order valence-corrected chi connectivity index (χ4v) is 4.00. The summed E-state index contributed by atoms with van der Waals surface area (Å²) in [6.45, 7) is 1.73. The normalized spacial score (nSPS) is 13.1. The van der Waals surface area contributed by atoms with Gasteiger partial charge in [-0.15, -0.1) is 11.3 Å². The van der Waals surface area contributed by atoms with Crippen molar-refractivity contribution in [1.29, 1.82) is 0 Å². The Bertz CT molecular complexity index is 1000. The van der Waals surface area contributed by atoms with Crippen molar-refractivity contribution in [2.45, 2.75) is 13.0 Å². The number of hydrogen-bond acceptors (Lipinski definition) is 6. The second-order valence-corrected chi connectivity index (χ2v) is 7.17. The molecule has 0 aliphatic carbocycles. The number of carbonyl (C=O) groups excluding carboxylic acids is 1. The summed E-state index contributed by atoms with van der Waals surface area (Å²) in [6, 6.07) is 11.6. The Morgan fingerprint density at radius 1 is 1.22 bits per heavy atom. The van der Waals surface area contributed by atoms with Crippen molar-refractivity contribution in [3.8, 4) is 0 Å². The fraction of sp³-hybridized carbons (Fsp3) is 0.158. The Morgan fingerprint density at radius 2 is 2.07 bits per heavy atom. The molecule has 0 saturated heterocycles. The minimum absolute atomic E-state index is 0.0209. The van der Waals surface area contributed by atoms with Crippen LogP contribution in [0.4, 0.5) is 17.2 Å². The number of benzene rings is 1. The van der Waals surface area contributed by atoms with E-state index in [-0.39, 0.29) is 11.3 Å². The van der Waals surface area contributed by atoms with Gasteiger partial charge in [-0.25, -0.2) is 4.98 Å². The lowest BCUT2D eigenvalue weighted by atomic mass is 10.1. The molecule has 0 radical (unpaired) electrons. The van der Waals surface area contributed by atoms with Crippen LogP contribution in [0.3, 0.4) is 0 Å². The quantitative estimate of drug-likeness (QED) is 0.548. The maximum Gasteiger partial charge on any atom is 0.282 e. The topological polar surface area (TPSA) is 88.4 Å². The fourth-order valence-electron chi connectivity index (χ4n) is 3.11. The van der Waals surface area contributed by atoms with Crippen LogP contribution in [-0.2, 0) is 13.0 Å². The number of amides is 1. The number of nitrogens with one attached hydrogen (secondary N) is 1. The van der Waals surface area contributed by atoms with Crippen LogP contribution in [0.15, 0.2) is 54.0 Å². The van der Waals surface area contributed by atoms with Crippen molar-refractivity contribution in [1.82, 2.24) is 4.98 Å². The first-order valence-electron chi connectivity index (χ1n) is 8.43. The minimum Gasteiger partial charge on any atom is -0.352 e. The molecule has 0 unspecified atom stereocenters. The Morgan fingerprint density at radius 3 is 2.85 bits per heavy atom. The van der Waals surface area contributed by atoms with Crippen molar-refractivity contribution in [2.24, 2.45) is 0 Å². The lowest BCUT2D eigenvalue weighted by Gasteiger charge is -2.28. The molecule has 3 heterocycles. The maximum atomic E-state index is 12.4. The molecule has 1 N–H and O–H groups in total. The van der Waals surface area contributed by atoms with E-state index in [1.807, 2.05) is 6.07 Å². The molecule has 0 saturated carbocycles. The van der Waals surface area contributed by atoms with E-state index in [1.54, 1.807) is 29.7 Å². The maximum absolute atomic E-state index is 12.4. The van der Waals surface area contributed by atoms with E-state index in [2.05, 4.69) is 26.6 Å². The smallest absolute Gasteiger partial charge is 0.282 e. The van der Waals surface area contributed by atoms with Crippen LogP contribution in [0, 0.1) is 10.1 Å². The molecule has 2 aromatic heterocycles. The SMILES string of the molecule is O=C(Nc1ccc(N2CCc3sccc3C2)nc1)c1ccccc1[N+](=O)[O-]. The number of thiophene rings is 1. The molecule has 4 rings (SSSR count). The van der Waals surface area contributed by atoms with Crippen LogP contribution in [0.25, 0.3) is 0 Å². The molecule has 3 aromatic rings. The number of hydrogen-bond donors (Lipinski definition) is 1. The van der Waals surface area contributed by atoms with E-state index < -0.39 is 10.8 Å². The van der Waals surface area contributed by atoms with Crippen LogP contribution in [0.5, 0.6) is 0 Å². The summed E-state index contributed by atoms with van der Waals surface area (Å²) < 4.78 is 0. The van der Waals surface area contributed by atoms with Crippen molar-refractivity contribution >= 4 is 34.4 Å². The number of pyridine rings is 1. The first-order valence-corrected chi connectivity index (χ1v) is 9.31. The first-order chi connectivity index (χ1) is 13.1. The van der Waals surface area contributed by atoms with Gasteiger partial charge in [-0.3, -0.25) is 14.9 Å². The Hall–Kier alpha value is -3.26. The lowest BCUT2D eigenvalue weighted by Crippen LogP contribution is -2.30. The summed E-state index contributed by atoms with van der Waals surface area (Å²) in [5, 5.41) is 15.9. The molecule has 1 amide bonds. The summed E-state index contributed by atoms with van der Waals surface area (Å²) in [7, 11) is 0. The van der Waals surface area contributed by atoms with Crippen LogP contribution in [0.2, 0.25) is 0 Å². The Labute approximate surface area is 159 Å². The van der Waals surface area contributed by atoms with E-state index in [1.165, 1.54) is 28.6 Å². The number of nitrogens with zero attached hydrogens (tertiary/aromatic N) is 3. The summed E-state index contributed by atoms with van der Waals surface area (Å²) in [5.41, 5.74) is 1.63. The summed E-state index contributed by atoms with van der Waals surface area (Å²) in [5.74, 6) is 0.313. The van der Waals surface area contributed by atoms with Crippen molar-refractivity contribution in [2.75, 3.05) is 16.8 Å². The highest BCUT2D eigenvalue weighted by atomic mass is 32.1. The molecule has 8 heteroatoms. The van der Waals surface area contributed by atoms with E-state index >= 15 is 0 Å². The number of fused-ring (bicyclic) bond motifs is 1. The number of nitro benzene ring substituents is 1. The van der Waals surface area contributed by atoms with Gasteiger partial charge < -0.3 is 10.2 Å². The van der Waals surface area contributed by atoms with Crippen LogP contribution in [-0.4, -0.2) is 22.4 Å². The van der Waals surface area contributed by atoms with Crippen LogP contribution >= 0.6 is 11.3 Å². The van der Waals surface area contributed by atoms with Gasteiger partial charge in [0.15, 0.2) is 0 Å². The van der Waals surface area contributed by atoms with Crippen molar-refractivity contribution in [3.63, 3.8) is 0 Å². The summed E-state index contributed by atoms with van der Waals surface area (Å²) in [6.07, 6.45) is 2.58. The van der Waals surface area contributed by atoms with Gasteiger partial charge in [-0.1, -0.05) is 12.1 Å². The van der Waals surface area contributed by atoms with Gasteiger partial charge >= 0.3 is 0 Å². The largest absolute Gasteiger partial charge is 0.352 e. The highest BCUT2D eigenvalue weighted by molar-refractivity contribution is 7.10. The predicted octanol–water partition coefficient (Wildman–Crippen LogP) is 3.87. The number of para-hydroxylation sites is 1. The van der Waals surface area contributed by atoms with E-state index in [0.29, 0.717) is 5.69 Å². The van der Waals surface area contributed by atoms with Gasteiger partial charge in [-0.05, 0) is 41.6 Å². The van der Waals surface area contributed by atoms with E-state index in [0.717, 1.165) is 25.3 Å². The molecule has 1 aliphatic heterocycles. The van der Waals surface area contributed by atoms with E-state index in [9.17, 15) is 14.9 Å². The van der Waals surface area contributed by atoms with Gasteiger partial charge in [0.1, 0.15) is 11.4 Å². The van der Waals surface area contributed by atoms with Crippen molar-refractivity contribution < 1.29 is 9.72 Å². The number of aromatic nitrogens is 1. The number of carbonyl (C=O) groups is 1. The second kappa shape index (κ2) is 7.16. The first kappa shape index (κ1) is 17.2. The zero-order valence-corrected chi connectivity index (χ0v) is 15.1. The third kappa shape index (κ3) is 3.52. The third-order valence-corrected chi connectivity index (χ3v) is 5.51. The molecule has 0 spiro atoms. The zero-order valence-electron chi connectivity index (χ0n) is 14.3. The molecule has 1 aromatic carbocycles. The zero-order chi connectivity index (χ0) is 18.8. The highest BCUT2D eigenvalue weighted by Crippen LogP contribution is 2.27. The molecule has 7 nitrogen and oxygen atoms in total. The van der Waals surface area contributed by atoms with E-state index in [4.69, 9.17) is 0 Å². The van der Waals surface area contributed by atoms with Crippen LogP contribution < -0.4 is 10.2 Å². The predicted molar refractivity (Wildman–Crippen MR) is 104 cm³/mol. The standard InChI is InChI=1S/C19H16N4O3S/c24-19(15-3-1-2-4-16(15)23(25)26)21-14-5-6-18(20-11-14)22-9-7-17-13(12-22)8-10-27-17/h1-6,8,10-11H,7,9,12H2,(H,21,24). The molecule has 1 aliphatic rings. The lowest BCUT2D eigenvalue weighted by molar-refractivity contribution is -0.385. The monoisotopic (exact) mass is 380 g/mol. The number of rotatable bonds is 4. The number of anilines is 2. The third-order valence-electron chi connectivity index (χ3n) is 4.48. The molecule has 0 fully saturated rings. The van der Waals surface area contributed by atoms with Gasteiger partial charge in [0.25, 0.3) is 11.6 Å². The molecule has 27 heavy (non-hydrogen) atoms.